The molecule has 6 heteroatoms. The number of ether oxygens (including phenoxy) is 2. The van der Waals surface area contributed by atoms with Crippen LogP contribution < -0.4 is 0 Å². The van der Waals surface area contributed by atoms with Crippen LogP contribution in [0.4, 0.5) is 0 Å². The lowest BCUT2D eigenvalue weighted by Gasteiger charge is -2.31. The smallest absolute Gasteiger partial charge is 0.424 e. The standard InChI is InChI=1S/C10H15NO5/c1-8(11-5-3-2-4-6-11)16-10(14)9(13)15-7-12/h7-8H,2-6H2,1H3. The first kappa shape index (κ1) is 12.6. The van der Waals surface area contributed by atoms with Gasteiger partial charge in [0, 0.05) is 13.1 Å². The Hall–Kier alpha value is -1.43. The van der Waals surface area contributed by atoms with E-state index in [1.165, 1.54) is 6.42 Å². The molecule has 0 bridgehead atoms. The van der Waals surface area contributed by atoms with Gasteiger partial charge in [0.1, 0.15) is 0 Å². The van der Waals surface area contributed by atoms with Crippen molar-refractivity contribution in [3.8, 4) is 0 Å². The van der Waals surface area contributed by atoms with E-state index < -0.39 is 18.2 Å². The molecule has 0 amide bonds. The monoisotopic (exact) mass is 229 g/mol. The van der Waals surface area contributed by atoms with Crippen molar-refractivity contribution < 1.29 is 23.9 Å². The van der Waals surface area contributed by atoms with Gasteiger partial charge >= 0.3 is 18.4 Å². The Balaban J connectivity index is 2.37. The van der Waals surface area contributed by atoms with Crippen molar-refractivity contribution in [3.63, 3.8) is 0 Å². The third-order valence-corrected chi connectivity index (χ3v) is 2.50. The quantitative estimate of drug-likeness (QED) is 0.295. The predicted molar refractivity (Wildman–Crippen MR) is 53.1 cm³/mol. The highest BCUT2D eigenvalue weighted by atomic mass is 16.6. The van der Waals surface area contributed by atoms with Crippen LogP contribution in [0.3, 0.4) is 0 Å². The molecule has 0 aliphatic carbocycles. The molecule has 6 nitrogen and oxygen atoms in total. The molecule has 1 unspecified atom stereocenters. The molecule has 0 aromatic rings. The number of rotatable bonds is 3. The van der Waals surface area contributed by atoms with Gasteiger partial charge in [-0.3, -0.25) is 9.69 Å². The first-order valence-corrected chi connectivity index (χ1v) is 5.24. The molecule has 1 heterocycles. The summed E-state index contributed by atoms with van der Waals surface area (Å²) in [6.45, 7) is 3.29. The van der Waals surface area contributed by atoms with Gasteiger partial charge in [-0.25, -0.2) is 9.59 Å². The van der Waals surface area contributed by atoms with Gasteiger partial charge in [-0.1, -0.05) is 6.42 Å². The van der Waals surface area contributed by atoms with E-state index in [0.29, 0.717) is 0 Å². The molecule has 16 heavy (non-hydrogen) atoms. The molecular weight excluding hydrogens is 214 g/mol. The zero-order valence-corrected chi connectivity index (χ0v) is 9.18. The van der Waals surface area contributed by atoms with E-state index in [2.05, 4.69) is 4.74 Å². The fourth-order valence-corrected chi connectivity index (χ4v) is 1.65. The molecule has 0 aromatic heterocycles. The van der Waals surface area contributed by atoms with Crippen molar-refractivity contribution in [2.45, 2.75) is 32.4 Å². The van der Waals surface area contributed by atoms with Crippen LogP contribution in [0.25, 0.3) is 0 Å². The van der Waals surface area contributed by atoms with Gasteiger partial charge in [-0.2, -0.15) is 0 Å². The molecule has 1 aliphatic rings. The molecule has 1 saturated heterocycles. The Morgan fingerprint density at radius 2 is 1.81 bits per heavy atom. The van der Waals surface area contributed by atoms with Crippen LogP contribution in [0.15, 0.2) is 0 Å². The summed E-state index contributed by atoms with van der Waals surface area (Å²) in [5.41, 5.74) is 0. The number of hydrogen-bond donors (Lipinski definition) is 0. The molecule has 0 spiro atoms. The van der Waals surface area contributed by atoms with Crippen molar-refractivity contribution in [1.29, 1.82) is 0 Å². The predicted octanol–water partition coefficient (Wildman–Crippen LogP) is 0.0611. The molecule has 0 saturated carbocycles. The molecule has 0 N–H and O–H groups in total. The minimum Gasteiger partial charge on any atom is -0.438 e. The third-order valence-electron chi connectivity index (χ3n) is 2.50. The minimum absolute atomic E-state index is 0.0881. The lowest BCUT2D eigenvalue weighted by atomic mass is 10.1. The van der Waals surface area contributed by atoms with Crippen molar-refractivity contribution in [2.75, 3.05) is 13.1 Å². The number of carbonyl (C=O) groups excluding carboxylic acids is 3. The highest BCUT2D eigenvalue weighted by molar-refractivity contribution is 6.30. The maximum atomic E-state index is 11.1. The molecular formula is C10H15NO5. The number of likely N-dealkylation sites (tertiary alicyclic amines) is 1. The number of esters is 2. The van der Waals surface area contributed by atoms with Gasteiger partial charge in [0.25, 0.3) is 0 Å². The maximum Gasteiger partial charge on any atom is 0.424 e. The second-order valence-corrected chi connectivity index (χ2v) is 3.60. The average Bonchev–Trinajstić information content (AvgIpc) is 2.30. The molecule has 1 atom stereocenters. The van der Waals surface area contributed by atoms with Crippen molar-refractivity contribution in [1.82, 2.24) is 4.90 Å². The molecule has 1 aliphatic heterocycles. The molecule has 90 valence electrons. The van der Waals surface area contributed by atoms with Crippen LogP contribution in [0.2, 0.25) is 0 Å². The number of carbonyl (C=O) groups is 3. The summed E-state index contributed by atoms with van der Waals surface area (Å²) >= 11 is 0. The number of piperidine rings is 1. The zero-order chi connectivity index (χ0) is 12.0. The van der Waals surface area contributed by atoms with Gasteiger partial charge < -0.3 is 9.47 Å². The Labute approximate surface area is 93.5 Å². The zero-order valence-electron chi connectivity index (χ0n) is 9.18. The third kappa shape index (κ3) is 3.62. The van der Waals surface area contributed by atoms with Crippen LogP contribution in [-0.4, -0.2) is 42.6 Å². The topological polar surface area (TPSA) is 72.9 Å². The van der Waals surface area contributed by atoms with E-state index in [-0.39, 0.29) is 6.47 Å². The van der Waals surface area contributed by atoms with Gasteiger partial charge in [0.2, 0.25) is 0 Å². The van der Waals surface area contributed by atoms with Gasteiger partial charge in [0.05, 0.1) is 0 Å². The Bertz CT molecular complexity index is 272. The lowest BCUT2D eigenvalue weighted by molar-refractivity contribution is -0.177. The van der Waals surface area contributed by atoms with Crippen molar-refractivity contribution >= 4 is 18.4 Å². The van der Waals surface area contributed by atoms with E-state index in [0.717, 1.165) is 25.9 Å². The van der Waals surface area contributed by atoms with Crippen molar-refractivity contribution in [2.24, 2.45) is 0 Å². The second-order valence-electron chi connectivity index (χ2n) is 3.60. The Morgan fingerprint density at radius 3 is 2.38 bits per heavy atom. The van der Waals surface area contributed by atoms with Crippen LogP contribution in [0, 0.1) is 0 Å². The maximum absolute atomic E-state index is 11.1. The van der Waals surface area contributed by atoms with Gasteiger partial charge in [-0.15, -0.1) is 0 Å². The Kier molecular flexibility index (Phi) is 4.91. The Morgan fingerprint density at radius 1 is 1.19 bits per heavy atom. The SMILES string of the molecule is CC(OC(=O)C(=O)OC=O)N1CCCCC1. The summed E-state index contributed by atoms with van der Waals surface area (Å²) in [7, 11) is 0. The summed E-state index contributed by atoms with van der Waals surface area (Å²) in [5, 5.41) is 0. The summed E-state index contributed by atoms with van der Waals surface area (Å²) in [6, 6.07) is 0. The first-order valence-electron chi connectivity index (χ1n) is 5.24. The highest BCUT2D eigenvalue weighted by Gasteiger charge is 2.24. The number of nitrogens with zero attached hydrogens (tertiary/aromatic N) is 1. The highest BCUT2D eigenvalue weighted by Crippen LogP contribution is 2.12. The van der Waals surface area contributed by atoms with E-state index in [1.54, 1.807) is 6.92 Å². The summed E-state index contributed by atoms with van der Waals surface area (Å²) in [5.74, 6) is -2.41. The van der Waals surface area contributed by atoms with Crippen LogP contribution in [0.5, 0.6) is 0 Å². The van der Waals surface area contributed by atoms with Crippen LogP contribution in [0.1, 0.15) is 26.2 Å². The molecule has 0 radical (unpaired) electrons. The second kappa shape index (κ2) is 6.22. The summed E-state index contributed by atoms with van der Waals surface area (Å²) in [4.78, 5) is 33.7. The number of hydrogen-bond acceptors (Lipinski definition) is 6. The van der Waals surface area contributed by atoms with E-state index in [9.17, 15) is 14.4 Å². The van der Waals surface area contributed by atoms with Crippen molar-refractivity contribution in [3.05, 3.63) is 0 Å². The summed E-state index contributed by atoms with van der Waals surface area (Å²) in [6.07, 6.45) is 2.82. The van der Waals surface area contributed by atoms with Gasteiger partial charge in [0.15, 0.2) is 6.23 Å². The first-order chi connectivity index (χ1) is 7.65. The summed E-state index contributed by atoms with van der Waals surface area (Å²) < 4.78 is 8.74. The van der Waals surface area contributed by atoms with E-state index in [1.807, 2.05) is 4.90 Å². The van der Waals surface area contributed by atoms with Crippen LogP contribution >= 0.6 is 0 Å². The minimum atomic E-state index is -1.28. The molecule has 1 rings (SSSR count). The van der Waals surface area contributed by atoms with Crippen LogP contribution in [-0.2, 0) is 23.9 Å². The lowest BCUT2D eigenvalue weighted by Crippen LogP contribution is -2.41. The van der Waals surface area contributed by atoms with E-state index >= 15 is 0 Å². The fourth-order valence-electron chi connectivity index (χ4n) is 1.65. The average molecular weight is 229 g/mol. The molecule has 1 fully saturated rings. The normalized spacial score (nSPS) is 18.6. The fraction of sp³-hybridized carbons (Fsp3) is 0.700. The van der Waals surface area contributed by atoms with Gasteiger partial charge in [-0.05, 0) is 19.8 Å². The van der Waals surface area contributed by atoms with E-state index in [4.69, 9.17) is 4.74 Å². The molecule has 0 aromatic carbocycles. The largest absolute Gasteiger partial charge is 0.438 e.